The highest BCUT2D eigenvalue weighted by molar-refractivity contribution is 7.97. The third kappa shape index (κ3) is 6.77. The Bertz CT molecular complexity index is 1620. The molecule has 0 unspecified atom stereocenters. The van der Waals surface area contributed by atoms with Crippen molar-refractivity contribution in [3.63, 3.8) is 0 Å². The number of aliphatic hydroxyl groups excluding tert-OH is 2. The highest BCUT2D eigenvalue weighted by atomic mass is 32.2. The van der Waals surface area contributed by atoms with E-state index in [1.54, 1.807) is 23.0 Å². The molecule has 0 radical (unpaired) electrons. The number of hydrogen-bond donors (Lipinski definition) is 5. The lowest BCUT2D eigenvalue weighted by Crippen LogP contribution is -2.47. The number of carbonyl (C=O) groups is 1. The Kier molecular flexibility index (Phi) is 10.0. The predicted molar refractivity (Wildman–Crippen MR) is 174 cm³/mol. The molecule has 0 saturated heterocycles. The van der Waals surface area contributed by atoms with Gasteiger partial charge in [0.25, 0.3) is 0 Å². The molecule has 6 rings (SSSR count). The standard InChI is InChI=1S/C33H39F2N5O7S/c1-4-9-48-39-15-23(36-22-13-19(22)17-5-6-20(34)21(35)10-17)30-25(16-39)40(38-37-30)24-14-29(33(44)31(24)42)47-8-7-26(41)18-11-27(45-2)32(43)28(12-18)46-3/h5-6,10-12,15-16,19,22,24,29,31,33,36,38,42-44H,4,7-9,13-14H2,1-3H3/t19-,22+,24-,29-,31+,33+/m0/s1. The van der Waals surface area contributed by atoms with Crippen LogP contribution in [0.3, 0.4) is 0 Å². The number of ketones is 1. The predicted octanol–water partition coefficient (Wildman–Crippen LogP) is 3.52. The second-order valence-electron chi connectivity index (χ2n) is 12.0. The molecule has 2 aliphatic heterocycles. The molecule has 0 aromatic heterocycles. The number of hydrazone groups is 1. The van der Waals surface area contributed by atoms with Gasteiger partial charge < -0.3 is 34.8 Å². The molecule has 2 heterocycles. The Morgan fingerprint density at radius 1 is 1.08 bits per heavy atom. The van der Waals surface area contributed by atoms with Crippen LogP contribution in [0, 0.1) is 11.6 Å². The van der Waals surface area contributed by atoms with Gasteiger partial charge in [-0.3, -0.25) is 14.1 Å². The Balaban J connectivity index is 1.09. The first-order chi connectivity index (χ1) is 23.1. The maximum atomic E-state index is 13.9. The number of nitrogens with one attached hydrogen (secondary N) is 2. The molecule has 0 bridgehead atoms. The van der Waals surface area contributed by atoms with Gasteiger partial charge in [-0.15, -0.1) is 0 Å². The number of phenolic OH excluding ortho intramolecular Hbond substituents is 1. The van der Waals surface area contributed by atoms with E-state index < -0.39 is 36.0 Å². The normalized spacial score (nSPS) is 25.9. The summed E-state index contributed by atoms with van der Waals surface area (Å²) in [5.41, 5.74) is 6.06. The monoisotopic (exact) mass is 687 g/mol. The Labute approximate surface area is 281 Å². The SMILES string of the molecule is CCCSN1C=C(N[C@@H]2C[C@H]2c2ccc(F)c(F)c2)C2=NNN([C@H]3C[C@H](OCCC(=O)c4cc(OC)c(O)c(OC)c4)[C@@H](O)[C@@H]3O)C2=C1. The lowest BCUT2D eigenvalue weighted by Gasteiger charge is -2.32. The molecule has 48 heavy (non-hydrogen) atoms. The van der Waals surface area contributed by atoms with Crippen molar-refractivity contribution < 1.29 is 43.1 Å². The quantitative estimate of drug-likeness (QED) is 0.146. The summed E-state index contributed by atoms with van der Waals surface area (Å²) in [7, 11) is 2.75. The first-order valence-corrected chi connectivity index (χ1v) is 16.7. The Morgan fingerprint density at radius 3 is 2.52 bits per heavy atom. The number of aromatic hydroxyl groups is 1. The molecule has 2 saturated carbocycles. The number of hydrazine groups is 1. The van der Waals surface area contributed by atoms with Crippen molar-refractivity contribution in [2.75, 3.05) is 26.6 Å². The maximum Gasteiger partial charge on any atom is 0.200 e. The van der Waals surface area contributed by atoms with Crippen molar-refractivity contribution in [2.24, 2.45) is 5.10 Å². The van der Waals surface area contributed by atoms with Gasteiger partial charge in [-0.25, -0.2) is 14.3 Å². The number of halogens is 2. The molecule has 12 nitrogen and oxygen atoms in total. The third-order valence-corrected chi connectivity index (χ3v) is 9.97. The minimum atomic E-state index is -1.21. The summed E-state index contributed by atoms with van der Waals surface area (Å²) in [4.78, 5) is 12.9. The van der Waals surface area contributed by atoms with Gasteiger partial charge in [0.15, 0.2) is 28.9 Å². The fourth-order valence-electron chi connectivity index (χ4n) is 6.18. The molecule has 2 aliphatic carbocycles. The molecule has 258 valence electrons. The zero-order chi connectivity index (χ0) is 34.1. The van der Waals surface area contributed by atoms with E-state index in [-0.39, 0.29) is 60.0 Å². The number of fused-ring (bicyclic) bond motifs is 1. The van der Waals surface area contributed by atoms with E-state index in [2.05, 4.69) is 22.9 Å². The molecule has 4 aliphatic rings. The van der Waals surface area contributed by atoms with Crippen LogP contribution in [-0.2, 0) is 4.74 Å². The van der Waals surface area contributed by atoms with Gasteiger partial charge in [-0.2, -0.15) is 5.10 Å². The van der Waals surface area contributed by atoms with Gasteiger partial charge in [0.1, 0.15) is 23.6 Å². The van der Waals surface area contributed by atoms with Crippen molar-refractivity contribution in [3.8, 4) is 17.2 Å². The van der Waals surface area contributed by atoms with Crippen LogP contribution in [0.4, 0.5) is 8.78 Å². The minimum absolute atomic E-state index is 0.00151. The molecule has 2 aromatic rings. The van der Waals surface area contributed by atoms with Crippen molar-refractivity contribution in [1.29, 1.82) is 0 Å². The van der Waals surface area contributed by atoms with E-state index in [9.17, 15) is 28.9 Å². The number of nitrogens with zero attached hydrogens (tertiary/aromatic N) is 3. The number of aliphatic hydroxyl groups is 2. The highest BCUT2D eigenvalue weighted by Gasteiger charge is 2.49. The van der Waals surface area contributed by atoms with Gasteiger partial charge >= 0.3 is 0 Å². The summed E-state index contributed by atoms with van der Waals surface area (Å²) in [6.07, 6.45) is 2.64. The molecule has 0 spiro atoms. The summed E-state index contributed by atoms with van der Waals surface area (Å²) in [5.74, 6) is -1.14. The topological polar surface area (TPSA) is 148 Å². The zero-order valence-electron chi connectivity index (χ0n) is 26.7. The van der Waals surface area contributed by atoms with E-state index in [1.807, 2.05) is 16.7 Å². The molecule has 6 atom stereocenters. The van der Waals surface area contributed by atoms with Crippen LogP contribution in [0.5, 0.6) is 17.2 Å². The summed E-state index contributed by atoms with van der Waals surface area (Å²) in [5, 5.41) is 42.0. The van der Waals surface area contributed by atoms with Crippen LogP contribution in [0.15, 0.2) is 59.2 Å². The van der Waals surface area contributed by atoms with Crippen LogP contribution in [0.1, 0.15) is 54.4 Å². The zero-order valence-corrected chi connectivity index (χ0v) is 27.5. The largest absolute Gasteiger partial charge is 0.502 e. The van der Waals surface area contributed by atoms with Crippen molar-refractivity contribution in [2.45, 2.75) is 68.9 Å². The fourth-order valence-corrected chi connectivity index (χ4v) is 6.93. The Hall–Kier alpha value is -4.05. The number of carbonyl (C=O) groups excluding carboxylic acids is 1. The molecule has 15 heteroatoms. The number of rotatable bonds is 14. The lowest BCUT2D eigenvalue weighted by atomic mass is 10.1. The summed E-state index contributed by atoms with van der Waals surface area (Å²) >= 11 is 1.60. The van der Waals surface area contributed by atoms with Gasteiger partial charge in [0.05, 0.1) is 38.7 Å². The van der Waals surface area contributed by atoms with Crippen LogP contribution < -0.4 is 20.3 Å². The van der Waals surface area contributed by atoms with Gasteiger partial charge in [0.2, 0.25) is 5.75 Å². The first-order valence-electron chi connectivity index (χ1n) is 15.8. The maximum absolute atomic E-state index is 13.9. The van der Waals surface area contributed by atoms with E-state index in [1.165, 1.54) is 32.4 Å². The van der Waals surface area contributed by atoms with Gasteiger partial charge in [-0.1, -0.05) is 13.0 Å². The van der Waals surface area contributed by atoms with Crippen LogP contribution in [-0.4, -0.2) is 93.1 Å². The van der Waals surface area contributed by atoms with Crippen molar-refractivity contribution >= 4 is 23.4 Å². The van der Waals surface area contributed by atoms with E-state index in [0.29, 0.717) is 11.4 Å². The van der Waals surface area contributed by atoms with Crippen molar-refractivity contribution in [3.05, 3.63) is 76.9 Å². The van der Waals surface area contributed by atoms with E-state index >= 15 is 0 Å². The summed E-state index contributed by atoms with van der Waals surface area (Å²) in [6, 6.07) is 6.23. The summed E-state index contributed by atoms with van der Waals surface area (Å²) in [6.45, 7) is 2.07. The van der Waals surface area contributed by atoms with Gasteiger partial charge in [0, 0.05) is 48.5 Å². The van der Waals surface area contributed by atoms with Crippen LogP contribution in [0.2, 0.25) is 0 Å². The number of methoxy groups -OCH3 is 2. The average molecular weight is 688 g/mol. The van der Waals surface area contributed by atoms with E-state index in [4.69, 9.17) is 14.2 Å². The third-order valence-electron chi connectivity index (χ3n) is 8.87. The summed E-state index contributed by atoms with van der Waals surface area (Å²) < 4.78 is 45.5. The minimum Gasteiger partial charge on any atom is -0.502 e. The van der Waals surface area contributed by atoms with Crippen LogP contribution >= 0.6 is 11.9 Å². The van der Waals surface area contributed by atoms with Crippen LogP contribution in [0.25, 0.3) is 0 Å². The molecular weight excluding hydrogens is 648 g/mol. The average Bonchev–Trinajstić information content (AvgIpc) is 3.63. The van der Waals surface area contributed by atoms with Crippen molar-refractivity contribution in [1.82, 2.24) is 20.2 Å². The number of phenols is 1. The molecule has 5 N–H and O–H groups in total. The van der Waals surface area contributed by atoms with Gasteiger partial charge in [-0.05, 0) is 54.6 Å². The Morgan fingerprint density at radius 2 is 1.83 bits per heavy atom. The fraction of sp³-hybridized carbons (Fsp3) is 0.455. The number of ether oxygens (including phenoxy) is 3. The molecule has 2 aromatic carbocycles. The molecule has 2 fully saturated rings. The molecule has 0 amide bonds. The second-order valence-corrected chi connectivity index (χ2v) is 13.1. The van der Waals surface area contributed by atoms with E-state index in [0.717, 1.165) is 35.9 Å². The highest BCUT2D eigenvalue weighted by Crippen LogP contribution is 2.43. The second kappa shape index (κ2) is 14.2. The first kappa shape index (κ1) is 33.8. The number of hydrogen-bond acceptors (Lipinski definition) is 13. The number of Topliss-reactive ketones (excluding diaryl/α,β-unsaturated/α-hetero) is 1. The molecular formula is C33H39F2N5O7S. The lowest BCUT2D eigenvalue weighted by molar-refractivity contribution is -0.0585. The number of benzene rings is 2. The smallest absolute Gasteiger partial charge is 0.200 e.